The van der Waals surface area contributed by atoms with Crippen molar-refractivity contribution in [2.75, 3.05) is 14.2 Å². The molecule has 0 aliphatic rings. The summed E-state index contributed by atoms with van der Waals surface area (Å²) in [6, 6.07) is 2.57. The van der Waals surface area contributed by atoms with Gasteiger partial charge in [0.15, 0.2) is 0 Å². The smallest absolute Gasteiger partial charge is 0.338 e. The minimum atomic E-state index is -0.563. The molecule has 0 bridgehead atoms. The molecule has 1 aromatic rings. The number of hydrogen-bond acceptors (Lipinski definition) is 5. The van der Waals surface area contributed by atoms with Crippen LogP contribution in [0.3, 0.4) is 0 Å². The van der Waals surface area contributed by atoms with Crippen molar-refractivity contribution in [3.63, 3.8) is 0 Å². The van der Waals surface area contributed by atoms with Gasteiger partial charge in [-0.15, -0.1) is 0 Å². The molecule has 0 saturated carbocycles. The number of nitrogens with zero attached hydrogens (tertiary/aromatic N) is 1. The summed E-state index contributed by atoms with van der Waals surface area (Å²) in [5.74, 6) is -0.498. The maximum absolute atomic E-state index is 11.5. The standard InChI is InChI=1S/C10H10BrNO5/c1-16-9-7(5-11)6(10(13)17-2)3-4-8(9)12(14)15/h3-4H,5H2,1-2H3. The number of hydrogen-bond donors (Lipinski definition) is 0. The van der Waals surface area contributed by atoms with E-state index in [1.54, 1.807) is 0 Å². The molecule has 0 N–H and O–H groups in total. The number of alkyl halides is 1. The topological polar surface area (TPSA) is 78.7 Å². The van der Waals surface area contributed by atoms with Gasteiger partial charge >= 0.3 is 11.7 Å². The van der Waals surface area contributed by atoms with E-state index >= 15 is 0 Å². The van der Waals surface area contributed by atoms with Crippen LogP contribution in [0, 0.1) is 10.1 Å². The zero-order chi connectivity index (χ0) is 13.0. The molecule has 17 heavy (non-hydrogen) atoms. The molecule has 0 saturated heterocycles. The molecule has 1 rings (SSSR count). The van der Waals surface area contributed by atoms with E-state index in [0.717, 1.165) is 0 Å². The summed E-state index contributed by atoms with van der Waals surface area (Å²) in [5, 5.41) is 11.0. The number of ether oxygens (including phenoxy) is 2. The van der Waals surface area contributed by atoms with Gasteiger partial charge in [0.05, 0.1) is 24.7 Å². The fourth-order valence-corrected chi connectivity index (χ4v) is 1.98. The minimum absolute atomic E-state index is 0.0646. The SMILES string of the molecule is COC(=O)c1ccc([N+](=O)[O-])c(OC)c1CBr. The lowest BCUT2D eigenvalue weighted by Crippen LogP contribution is -2.07. The van der Waals surface area contributed by atoms with Crippen molar-refractivity contribution in [3.8, 4) is 5.75 Å². The van der Waals surface area contributed by atoms with E-state index in [0.29, 0.717) is 5.56 Å². The van der Waals surface area contributed by atoms with E-state index < -0.39 is 10.9 Å². The molecule has 0 aliphatic carbocycles. The first-order valence-corrected chi connectivity index (χ1v) is 5.67. The van der Waals surface area contributed by atoms with Gasteiger partial charge in [-0.1, -0.05) is 15.9 Å². The molecular formula is C10H10BrNO5. The first kappa shape index (κ1) is 13.4. The largest absolute Gasteiger partial charge is 0.490 e. The second-order valence-corrected chi connectivity index (χ2v) is 3.59. The number of benzene rings is 1. The monoisotopic (exact) mass is 303 g/mol. The molecule has 0 atom stereocenters. The highest BCUT2D eigenvalue weighted by Crippen LogP contribution is 2.34. The number of rotatable bonds is 4. The maximum Gasteiger partial charge on any atom is 0.338 e. The van der Waals surface area contributed by atoms with Crippen LogP contribution < -0.4 is 4.74 Å². The van der Waals surface area contributed by atoms with E-state index in [1.165, 1.54) is 26.4 Å². The van der Waals surface area contributed by atoms with Gasteiger partial charge in [-0.05, 0) is 6.07 Å². The van der Waals surface area contributed by atoms with Crippen molar-refractivity contribution < 1.29 is 19.2 Å². The average Bonchev–Trinajstić information content (AvgIpc) is 2.35. The van der Waals surface area contributed by atoms with Crippen LogP contribution in [0.2, 0.25) is 0 Å². The number of esters is 1. The predicted octanol–water partition coefficient (Wildman–Crippen LogP) is 2.28. The lowest BCUT2D eigenvalue weighted by atomic mass is 10.1. The van der Waals surface area contributed by atoms with Crippen LogP contribution in [-0.4, -0.2) is 25.1 Å². The van der Waals surface area contributed by atoms with Crippen molar-refractivity contribution in [2.45, 2.75) is 5.33 Å². The second kappa shape index (κ2) is 5.62. The van der Waals surface area contributed by atoms with Gasteiger partial charge in [-0.25, -0.2) is 4.79 Å². The normalized spacial score (nSPS) is 9.82. The van der Waals surface area contributed by atoms with Crippen LogP contribution in [0.25, 0.3) is 0 Å². The Morgan fingerprint density at radius 3 is 2.53 bits per heavy atom. The Kier molecular flexibility index (Phi) is 4.45. The average molecular weight is 304 g/mol. The van der Waals surface area contributed by atoms with Gasteiger partial charge in [0, 0.05) is 17.0 Å². The summed E-state index contributed by atoms with van der Waals surface area (Å²) in [4.78, 5) is 21.7. The van der Waals surface area contributed by atoms with Crippen LogP contribution in [0.1, 0.15) is 15.9 Å². The van der Waals surface area contributed by atoms with Crippen LogP contribution in [-0.2, 0) is 10.1 Å². The molecule has 0 amide bonds. The Bertz CT molecular complexity index is 460. The third kappa shape index (κ3) is 2.55. The summed E-state index contributed by atoms with van der Waals surface area (Å²) in [6.45, 7) is 0. The number of nitro benzene ring substituents is 1. The summed E-state index contributed by atoms with van der Waals surface area (Å²) < 4.78 is 9.58. The van der Waals surface area contributed by atoms with Crippen molar-refractivity contribution in [1.29, 1.82) is 0 Å². The molecule has 0 unspecified atom stereocenters. The molecule has 1 aromatic carbocycles. The first-order chi connectivity index (χ1) is 8.06. The van der Waals surface area contributed by atoms with Gasteiger partial charge in [-0.3, -0.25) is 10.1 Å². The fraction of sp³-hybridized carbons (Fsp3) is 0.300. The van der Waals surface area contributed by atoms with E-state index in [1.807, 2.05) is 0 Å². The van der Waals surface area contributed by atoms with Crippen LogP contribution in [0.15, 0.2) is 12.1 Å². The first-order valence-electron chi connectivity index (χ1n) is 4.55. The van der Waals surface area contributed by atoms with Crippen molar-refractivity contribution in [1.82, 2.24) is 0 Å². The zero-order valence-corrected chi connectivity index (χ0v) is 10.8. The Hall–Kier alpha value is -1.63. The van der Waals surface area contributed by atoms with Gasteiger partial charge in [0.2, 0.25) is 5.75 Å². The van der Waals surface area contributed by atoms with Crippen molar-refractivity contribution in [3.05, 3.63) is 33.4 Å². The van der Waals surface area contributed by atoms with E-state index in [-0.39, 0.29) is 22.3 Å². The van der Waals surface area contributed by atoms with Crippen molar-refractivity contribution >= 4 is 27.6 Å². The molecule has 0 heterocycles. The van der Waals surface area contributed by atoms with E-state index in [2.05, 4.69) is 20.7 Å². The quantitative estimate of drug-likeness (QED) is 0.369. The summed E-state index contributed by atoms with van der Waals surface area (Å²) >= 11 is 3.17. The molecule has 92 valence electrons. The molecule has 0 aliphatic heterocycles. The maximum atomic E-state index is 11.5. The molecule has 0 aromatic heterocycles. The Morgan fingerprint density at radius 2 is 2.12 bits per heavy atom. The summed E-state index contributed by atoms with van der Waals surface area (Å²) in [7, 11) is 2.56. The Labute approximate surface area is 106 Å². The Balaban J connectivity index is 3.48. The predicted molar refractivity (Wildman–Crippen MR) is 63.6 cm³/mol. The zero-order valence-electron chi connectivity index (χ0n) is 9.23. The van der Waals surface area contributed by atoms with Gasteiger partial charge in [-0.2, -0.15) is 0 Å². The molecule has 0 radical (unpaired) electrons. The van der Waals surface area contributed by atoms with Gasteiger partial charge in [0.1, 0.15) is 0 Å². The van der Waals surface area contributed by atoms with Crippen LogP contribution in [0.5, 0.6) is 5.75 Å². The Morgan fingerprint density at radius 1 is 1.47 bits per heavy atom. The van der Waals surface area contributed by atoms with E-state index in [4.69, 9.17) is 4.74 Å². The number of halogens is 1. The summed E-state index contributed by atoms with van der Waals surface area (Å²) in [6.07, 6.45) is 0. The summed E-state index contributed by atoms with van der Waals surface area (Å²) in [5.41, 5.74) is 0.454. The number of carbonyl (C=O) groups excluding carboxylic acids is 1. The van der Waals surface area contributed by atoms with Gasteiger partial charge < -0.3 is 9.47 Å². The number of nitro groups is 1. The lowest BCUT2D eigenvalue weighted by molar-refractivity contribution is -0.385. The molecule has 7 heteroatoms. The highest BCUT2D eigenvalue weighted by Gasteiger charge is 2.24. The lowest BCUT2D eigenvalue weighted by Gasteiger charge is -2.10. The second-order valence-electron chi connectivity index (χ2n) is 3.03. The van der Waals surface area contributed by atoms with Crippen LogP contribution in [0.4, 0.5) is 5.69 Å². The molecule has 0 fully saturated rings. The molecule has 6 nitrogen and oxygen atoms in total. The number of carbonyl (C=O) groups is 1. The van der Waals surface area contributed by atoms with Crippen LogP contribution >= 0.6 is 15.9 Å². The highest BCUT2D eigenvalue weighted by molar-refractivity contribution is 9.08. The highest BCUT2D eigenvalue weighted by atomic mass is 79.9. The molecular weight excluding hydrogens is 294 g/mol. The minimum Gasteiger partial charge on any atom is -0.490 e. The third-order valence-electron chi connectivity index (χ3n) is 2.18. The third-order valence-corrected chi connectivity index (χ3v) is 2.74. The number of methoxy groups -OCH3 is 2. The fourth-order valence-electron chi connectivity index (χ4n) is 1.42. The van der Waals surface area contributed by atoms with Gasteiger partial charge in [0.25, 0.3) is 0 Å². The van der Waals surface area contributed by atoms with Crippen molar-refractivity contribution in [2.24, 2.45) is 0 Å². The molecule has 0 spiro atoms. The van der Waals surface area contributed by atoms with E-state index in [9.17, 15) is 14.9 Å².